The van der Waals surface area contributed by atoms with Crippen LogP contribution in [0.3, 0.4) is 0 Å². The fraction of sp³-hybridized carbons (Fsp3) is 0.267. The summed E-state index contributed by atoms with van der Waals surface area (Å²) in [7, 11) is 0. The number of pyridine rings is 2. The van der Waals surface area contributed by atoms with Crippen LogP contribution in [0.2, 0.25) is 0 Å². The van der Waals surface area contributed by atoms with Gasteiger partial charge in [0.05, 0.1) is 12.2 Å². The number of benzene rings is 2. The lowest BCUT2D eigenvalue weighted by molar-refractivity contribution is -0.265. The molecular weight excluding hydrogens is 572 g/mol. The molecule has 0 radical (unpaired) electrons. The number of phenolic OH excluding ortho intramolecular Hbond substituents is 1. The van der Waals surface area contributed by atoms with Crippen LogP contribution in [0.15, 0.2) is 54.6 Å². The molecule has 0 saturated heterocycles. The van der Waals surface area contributed by atoms with Gasteiger partial charge in [0.25, 0.3) is 5.91 Å². The standard InChI is InChI=1S/C30H26F4N4O5/c1-3-19-9-6-16-10-17(11-21(39)23(16)37-19)26(40)36-13-29(42,30(32,33)34)22-12-20-25(43-14-28(20,2)27(35)41)24(38-22)15-4-7-18(31)8-5-15/h4-12,39,42H,3,13-14H2,1-2H3,(H2,35,41)(H,36,40)/t28-,29-/m0/s1. The van der Waals surface area contributed by atoms with Crippen molar-refractivity contribution in [1.29, 1.82) is 0 Å². The molecular formula is C30H26F4N4O5. The molecule has 0 aliphatic carbocycles. The van der Waals surface area contributed by atoms with Gasteiger partial charge >= 0.3 is 6.18 Å². The molecule has 2 atom stereocenters. The predicted octanol–water partition coefficient (Wildman–Crippen LogP) is 4.02. The Morgan fingerprint density at radius 2 is 1.79 bits per heavy atom. The quantitative estimate of drug-likeness (QED) is 0.235. The number of aliphatic hydroxyl groups is 1. The number of fused-ring (bicyclic) bond motifs is 2. The Morgan fingerprint density at radius 1 is 1.09 bits per heavy atom. The Balaban J connectivity index is 1.57. The number of nitrogens with zero attached hydrogens (tertiary/aromatic N) is 2. The van der Waals surface area contributed by atoms with Crippen molar-refractivity contribution in [2.45, 2.75) is 37.5 Å². The molecule has 0 unspecified atom stereocenters. The number of primary amides is 1. The van der Waals surface area contributed by atoms with Crippen molar-refractivity contribution in [3.05, 3.63) is 82.9 Å². The van der Waals surface area contributed by atoms with Gasteiger partial charge in [0.1, 0.15) is 40.5 Å². The highest BCUT2D eigenvalue weighted by Crippen LogP contribution is 2.47. The zero-order valence-corrected chi connectivity index (χ0v) is 22.9. The molecule has 2 amide bonds. The molecule has 0 bridgehead atoms. The maximum absolute atomic E-state index is 14.6. The van der Waals surface area contributed by atoms with E-state index in [0.717, 1.165) is 24.3 Å². The lowest BCUT2D eigenvalue weighted by atomic mass is 9.81. The Kier molecular flexibility index (Phi) is 7.25. The Labute approximate surface area is 242 Å². The second-order valence-electron chi connectivity index (χ2n) is 10.5. The van der Waals surface area contributed by atoms with E-state index in [4.69, 9.17) is 10.5 Å². The number of phenols is 1. The van der Waals surface area contributed by atoms with Crippen LogP contribution in [0, 0.1) is 5.82 Å². The van der Waals surface area contributed by atoms with E-state index >= 15 is 0 Å². The number of alkyl halides is 3. The van der Waals surface area contributed by atoms with Gasteiger partial charge < -0.3 is 26.0 Å². The third kappa shape index (κ3) is 5.09. The summed E-state index contributed by atoms with van der Waals surface area (Å²) < 4.78 is 63.1. The SMILES string of the molecule is CCc1ccc2cc(C(=O)NC[C@](O)(c3cc4c(c(-c5ccc(F)cc5)n3)OC[C@]4(C)C(N)=O)C(F)(F)F)cc(O)c2n1. The zero-order chi connectivity index (χ0) is 31.3. The Bertz CT molecular complexity index is 1760. The summed E-state index contributed by atoms with van der Waals surface area (Å²) in [5, 5.41) is 24.1. The molecule has 1 aliphatic rings. The fourth-order valence-electron chi connectivity index (χ4n) is 4.83. The molecule has 3 heterocycles. The average molecular weight is 599 g/mol. The van der Waals surface area contributed by atoms with Crippen molar-refractivity contribution in [3.63, 3.8) is 0 Å². The summed E-state index contributed by atoms with van der Waals surface area (Å²) in [6.45, 7) is 1.55. The summed E-state index contributed by atoms with van der Waals surface area (Å²) in [5.41, 5.74) is -0.0804. The number of aryl methyl sites for hydroxylation is 1. The van der Waals surface area contributed by atoms with E-state index in [0.29, 0.717) is 17.5 Å². The second-order valence-corrected chi connectivity index (χ2v) is 10.5. The number of hydrogen-bond donors (Lipinski definition) is 4. The van der Waals surface area contributed by atoms with Gasteiger partial charge in [-0.25, -0.2) is 14.4 Å². The summed E-state index contributed by atoms with van der Waals surface area (Å²) in [5.74, 6) is -2.93. The van der Waals surface area contributed by atoms with Gasteiger partial charge in [-0.05, 0) is 61.9 Å². The van der Waals surface area contributed by atoms with Gasteiger partial charge in [-0.15, -0.1) is 0 Å². The van der Waals surface area contributed by atoms with E-state index in [1.54, 1.807) is 12.1 Å². The molecule has 2 aromatic heterocycles. The van der Waals surface area contributed by atoms with Gasteiger partial charge in [-0.1, -0.05) is 13.0 Å². The lowest BCUT2D eigenvalue weighted by Gasteiger charge is -2.31. The first-order valence-corrected chi connectivity index (χ1v) is 13.1. The molecule has 224 valence electrons. The first-order valence-electron chi connectivity index (χ1n) is 13.1. The number of hydrogen-bond acceptors (Lipinski definition) is 7. The second kappa shape index (κ2) is 10.5. The minimum absolute atomic E-state index is 0.0447. The van der Waals surface area contributed by atoms with Gasteiger partial charge in [0.15, 0.2) is 0 Å². The highest BCUT2D eigenvalue weighted by Gasteiger charge is 2.57. The van der Waals surface area contributed by atoms with Crippen molar-refractivity contribution in [3.8, 4) is 22.8 Å². The Hall–Kier alpha value is -4.78. The monoisotopic (exact) mass is 598 g/mol. The van der Waals surface area contributed by atoms with Crippen molar-refractivity contribution in [2.75, 3.05) is 13.2 Å². The fourth-order valence-corrected chi connectivity index (χ4v) is 4.83. The van der Waals surface area contributed by atoms with E-state index in [9.17, 15) is 37.4 Å². The van der Waals surface area contributed by atoms with Crippen LogP contribution in [-0.4, -0.2) is 51.3 Å². The highest BCUT2D eigenvalue weighted by atomic mass is 19.4. The van der Waals surface area contributed by atoms with Crippen molar-refractivity contribution in [1.82, 2.24) is 15.3 Å². The number of rotatable bonds is 7. The smallest absolute Gasteiger partial charge is 0.424 e. The van der Waals surface area contributed by atoms with Crippen LogP contribution in [0.25, 0.3) is 22.2 Å². The molecule has 0 spiro atoms. The maximum Gasteiger partial charge on any atom is 0.424 e. The third-order valence-electron chi connectivity index (χ3n) is 7.59. The van der Waals surface area contributed by atoms with Gasteiger partial charge in [-0.2, -0.15) is 13.2 Å². The maximum atomic E-state index is 14.6. The molecule has 43 heavy (non-hydrogen) atoms. The molecule has 5 rings (SSSR count). The van der Waals surface area contributed by atoms with Gasteiger partial charge in [0, 0.05) is 27.8 Å². The number of aromatic hydroxyl groups is 1. The number of ether oxygens (including phenoxy) is 1. The van der Waals surface area contributed by atoms with Crippen LogP contribution in [0.4, 0.5) is 17.6 Å². The first-order chi connectivity index (χ1) is 20.2. The lowest BCUT2D eigenvalue weighted by Crippen LogP contribution is -2.51. The van der Waals surface area contributed by atoms with Crippen molar-refractivity contribution >= 4 is 22.7 Å². The summed E-state index contributed by atoms with van der Waals surface area (Å²) in [6.07, 6.45) is -4.78. The normalized spacial score (nSPS) is 17.7. The van der Waals surface area contributed by atoms with E-state index in [1.165, 1.54) is 25.1 Å². The molecule has 13 heteroatoms. The molecule has 0 saturated carbocycles. The summed E-state index contributed by atoms with van der Waals surface area (Å²) in [6, 6.07) is 11.2. The molecule has 1 aliphatic heterocycles. The summed E-state index contributed by atoms with van der Waals surface area (Å²) >= 11 is 0. The minimum Gasteiger partial charge on any atom is -0.506 e. The molecule has 9 nitrogen and oxygen atoms in total. The summed E-state index contributed by atoms with van der Waals surface area (Å²) in [4.78, 5) is 33.7. The number of amides is 2. The van der Waals surface area contributed by atoms with Crippen LogP contribution in [0.1, 0.15) is 41.2 Å². The molecule has 0 fully saturated rings. The van der Waals surface area contributed by atoms with Crippen LogP contribution < -0.4 is 15.8 Å². The number of carbonyl (C=O) groups excluding carboxylic acids is 2. The van der Waals surface area contributed by atoms with E-state index in [1.807, 2.05) is 6.92 Å². The number of aromatic nitrogens is 2. The number of nitrogens with two attached hydrogens (primary N) is 1. The van der Waals surface area contributed by atoms with E-state index in [-0.39, 0.29) is 46.0 Å². The van der Waals surface area contributed by atoms with Crippen LogP contribution in [0.5, 0.6) is 11.5 Å². The predicted molar refractivity (Wildman–Crippen MR) is 147 cm³/mol. The number of nitrogens with one attached hydrogen (secondary N) is 1. The van der Waals surface area contributed by atoms with E-state index < -0.39 is 47.1 Å². The topological polar surface area (TPSA) is 148 Å². The average Bonchev–Trinajstić information content (AvgIpc) is 3.32. The van der Waals surface area contributed by atoms with Crippen molar-refractivity contribution in [2.24, 2.45) is 5.73 Å². The van der Waals surface area contributed by atoms with Crippen molar-refractivity contribution < 1.29 is 42.1 Å². The number of carbonyl (C=O) groups is 2. The largest absolute Gasteiger partial charge is 0.506 e. The molecule has 2 aromatic carbocycles. The third-order valence-corrected chi connectivity index (χ3v) is 7.59. The van der Waals surface area contributed by atoms with Gasteiger partial charge in [-0.3, -0.25) is 9.59 Å². The van der Waals surface area contributed by atoms with E-state index in [2.05, 4.69) is 15.3 Å². The van der Waals surface area contributed by atoms with Crippen LogP contribution in [-0.2, 0) is 22.2 Å². The molecule has 4 aromatic rings. The minimum atomic E-state index is -5.38. The number of halogens is 4. The molecule has 5 N–H and O–H groups in total. The zero-order valence-electron chi connectivity index (χ0n) is 22.9. The Morgan fingerprint density at radius 3 is 2.42 bits per heavy atom. The van der Waals surface area contributed by atoms with Gasteiger partial charge in [0.2, 0.25) is 11.5 Å². The van der Waals surface area contributed by atoms with Crippen LogP contribution >= 0.6 is 0 Å². The highest BCUT2D eigenvalue weighted by molar-refractivity contribution is 6.00. The first kappa shape index (κ1) is 29.7.